The molecular formula is C15H17ClN2O2S. The summed E-state index contributed by atoms with van der Waals surface area (Å²) in [6.07, 6.45) is 3.88. The first-order chi connectivity index (χ1) is 10.1. The van der Waals surface area contributed by atoms with Gasteiger partial charge >= 0.3 is 0 Å². The normalized spacial score (nSPS) is 21.2. The maximum Gasteiger partial charge on any atom is 0.238 e. The molecule has 1 aromatic carbocycles. The highest BCUT2D eigenvalue weighted by molar-refractivity contribution is 8.01. The lowest BCUT2D eigenvalue weighted by molar-refractivity contribution is -0.124. The number of carbonyl (C=O) groups is 2. The lowest BCUT2D eigenvalue weighted by Crippen LogP contribution is -2.37. The van der Waals surface area contributed by atoms with Crippen LogP contribution in [0.15, 0.2) is 23.1 Å². The maximum absolute atomic E-state index is 12.1. The van der Waals surface area contributed by atoms with E-state index in [1.54, 1.807) is 12.1 Å². The van der Waals surface area contributed by atoms with Gasteiger partial charge in [-0.15, -0.1) is 11.8 Å². The van der Waals surface area contributed by atoms with Crippen molar-refractivity contribution in [3.63, 3.8) is 0 Å². The number of anilines is 1. The minimum absolute atomic E-state index is 0.0491. The van der Waals surface area contributed by atoms with Gasteiger partial charge < -0.3 is 10.6 Å². The molecule has 4 nitrogen and oxygen atoms in total. The summed E-state index contributed by atoms with van der Waals surface area (Å²) in [5, 5.41) is 5.97. The van der Waals surface area contributed by atoms with E-state index < -0.39 is 0 Å². The predicted molar refractivity (Wildman–Crippen MR) is 84.7 cm³/mol. The van der Waals surface area contributed by atoms with Gasteiger partial charge in [0.1, 0.15) is 0 Å². The molecule has 112 valence electrons. The summed E-state index contributed by atoms with van der Waals surface area (Å²) >= 11 is 7.34. The number of nitrogens with one attached hydrogen (secondary N) is 2. The molecule has 1 atom stereocenters. The van der Waals surface area contributed by atoms with Gasteiger partial charge in [0.05, 0.1) is 10.9 Å². The van der Waals surface area contributed by atoms with Crippen LogP contribution in [0.2, 0.25) is 5.02 Å². The zero-order chi connectivity index (χ0) is 14.8. The summed E-state index contributed by atoms with van der Waals surface area (Å²) < 4.78 is 0. The predicted octanol–water partition coefficient (Wildman–Crippen LogP) is 3.06. The Labute approximate surface area is 133 Å². The Hall–Kier alpha value is -1.20. The molecule has 0 radical (unpaired) electrons. The van der Waals surface area contributed by atoms with E-state index >= 15 is 0 Å². The second-order valence-electron chi connectivity index (χ2n) is 5.54. The number of benzene rings is 1. The summed E-state index contributed by atoms with van der Waals surface area (Å²) in [7, 11) is 0. The molecule has 2 aliphatic rings. The summed E-state index contributed by atoms with van der Waals surface area (Å²) in [6.45, 7) is 0.740. The lowest BCUT2D eigenvalue weighted by atomic mass is 9.85. The van der Waals surface area contributed by atoms with Crippen LogP contribution in [0, 0.1) is 5.92 Å². The number of hydrogen-bond donors (Lipinski definition) is 2. The van der Waals surface area contributed by atoms with E-state index in [1.165, 1.54) is 31.0 Å². The summed E-state index contributed by atoms with van der Waals surface area (Å²) in [5.74, 6) is 0.449. The first-order valence-electron chi connectivity index (χ1n) is 7.15. The van der Waals surface area contributed by atoms with Crippen molar-refractivity contribution in [1.29, 1.82) is 0 Å². The van der Waals surface area contributed by atoms with Crippen LogP contribution in [0.4, 0.5) is 5.69 Å². The van der Waals surface area contributed by atoms with Gasteiger partial charge in [-0.05, 0) is 37.0 Å². The third-order valence-corrected chi connectivity index (χ3v) is 5.45. The van der Waals surface area contributed by atoms with Gasteiger partial charge in [0, 0.05) is 22.9 Å². The standard InChI is InChI=1S/C15H17ClN2O2S/c16-10-4-5-12-11(6-10)18-15(20)13(21-12)7-14(19)17-8-9-2-1-3-9/h4-6,9,13H,1-3,7-8H2,(H,17,19)(H,18,20). The zero-order valence-corrected chi connectivity index (χ0v) is 13.1. The Bertz CT molecular complexity index is 575. The van der Waals surface area contributed by atoms with Gasteiger partial charge in [0.25, 0.3) is 0 Å². The van der Waals surface area contributed by atoms with E-state index in [4.69, 9.17) is 11.6 Å². The SMILES string of the molecule is O=C(CC1Sc2ccc(Cl)cc2NC1=O)NCC1CCC1. The van der Waals surface area contributed by atoms with E-state index in [9.17, 15) is 9.59 Å². The van der Waals surface area contributed by atoms with Crippen LogP contribution >= 0.6 is 23.4 Å². The van der Waals surface area contributed by atoms with Crippen molar-refractivity contribution in [3.8, 4) is 0 Å². The molecule has 0 aromatic heterocycles. The number of hydrogen-bond acceptors (Lipinski definition) is 3. The van der Waals surface area contributed by atoms with Crippen molar-refractivity contribution in [3.05, 3.63) is 23.2 Å². The number of rotatable bonds is 4. The maximum atomic E-state index is 12.1. The van der Waals surface area contributed by atoms with Gasteiger partial charge in [0.15, 0.2) is 0 Å². The topological polar surface area (TPSA) is 58.2 Å². The smallest absolute Gasteiger partial charge is 0.238 e. The van der Waals surface area contributed by atoms with E-state index in [0.29, 0.717) is 10.9 Å². The average Bonchev–Trinajstić information content (AvgIpc) is 2.38. The molecule has 0 spiro atoms. The molecule has 1 aromatic rings. The second kappa shape index (κ2) is 6.28. The highest BCUT2D eigenvalue weighted by Crippen LogP contribution is 2.38. The van der Waals surface area contributed by atoms with E-state index in [0.717, 1.165) is 17.1 Å². The average molecular weight is 325 g/mol. The molecule has 1 aliphatic heterocycles. The fourth-order valence-corrected chi connectivity index (χ4v) is 3.72. The Morgan fingerprint density at radius 1 is 1.43 bits per heavy atom. The van der Waals surface area contributed by atoms with Crippen molar-refractivity contribution in [2.24, 2.45) is 5.92 Å². The number of halogens is 1. The molecule has 2 amide bonds. The molecular weight excluding hydrogens is 308 g/mol. The van der Waals surface area contributed by atoms with Crippen molar-refractivity contribution < 1.29 is 9.59 Å². The van der Waals surface area contributed by atoms with E-state index in [1.807, 2.05) is 6.07 Å². The third-order valence-electron chi connectivity index (χ3n) is 3.94. The number of fused-ring (bicyclic) bond motifs is 1. The Morgan fingerprint density at radius 2 is 2.24 bits per heavy atom. The fraction of sp³-hybridized carbons (Fsp3) is 0.467. The Morgan fingerprint density at radius 3 is 2.95 bits per heavy atom. The minimum Gasteiger partial charge on any atom is -0.356 e. The van der Waals surface area contributed by atoms with Gasteiger partial charge in [-0.25, -0.2) is 0 Å². The summed E-state index contributed by atoms with van der Waals surface area (Å²) in [6, 6.07) is 5.40. The van der Waals surface area contributed by atoms with Gasteiger partial charge in [0.2, 0.25) is 11.8 Å². The van der Waals surface area contributed by atoms with Crippen LogP contribution in [-0.2, 0) is 9.59 Å². The molecule has 21 heavy (non-hydrogen) atoms. The van der Waals surface area contributed by atoms with Gasteiger partial charge in [-0.1, -0.05) is 18.0 Å². The van der Waals surface area contributed by atoms with Crippen molar-refractivity contribution in [1.82, 2.24) is 5.32 Å². The van der Waals surface area contributed by atoms with Gasteiger partial charge in [-0.2, -0.15) is 0 Å². The van der Waals surface area contributed by atoms with Crippen LogP contribution in [0.25, 0.3) is 0 Å². The molecule has 3 rings (SSSR count). The zero-order valence-electron chi connectivity index (χ0n) is 11.5. The van der Waals surface area contributed by atoms with E-state index in [-0.39, 0.29) is 23.5 Å². The third kappa shape index (κ3) is 3.52. The highest BCUT2D eigenvalue weighted by atomic mass is 35.5. The minimum atomic E-state index is -0.375. The largest absolute Gasteiger partial charge is 0.356 e. The highest BCUT2D eigenvalue weighted by Gasteiger charge is 2.29. The Kier molecular flexibility index (Phi) is 4.40. The Balaban J connectivity index is 1.57. The first kappa shape index (κ1) is 14.7. The molecule has 1 heterocycles. The fourth-order valence-electron chi connectivity index (χ4n) is 2.45. The van der Waals surface area contributed by atoms with Crippen molar-refractivity contribution >= 4 is 40.9 Å². The van der Waals surface area contributed by atoms with Gasteiger partial charge in [-0.3, -0.25) is 9.59 Å². The molecule has 1 unspecified atom stereocenters. The second-order valence-corrected chi connectivity index (χ2v) is 7.22. The van der Waals surface area contributed by atoms with Crippen LogP contribution in [-0.4, -0.2) is 23.6 Å². The van der Waals surface area contributed by atoms with Crippen molar-refractivity contribution in [2.45, 2.75) is 35.8 Å². The van der Waals surface area contributed by atoms with Crippen LogP contribution in [0.1, 0.15) is 25.7 Å². The molecule has 0 bridgehead atoms. The monoisotopic (exact) mass is 324 g/mol. The lowest BCUT2D eigenvalue weighted by Gasteiger charge is -2.26. The van der Waals surface area contributed by atoms with Crippen LogP contribution in [0.3, 0.4) is 0 Å². The quantitative estimate of drug-likeness (QED) is 0.895. The number of thioether (sulfide) groups is 1. The molecule has 0 saturated heterocycles. The number of amides is 2. The van der Waals surface area contributed by atoms with Crippen LogP contribution in [0.5, 0.6) is 0 Å². The molecule has 1 saturated carbocycles. The summed E-state index contributed by atoms with van der Waals surface area (Å²) in [4.78, 5) is 25.0. The summed E-state index contributed by atoms with van der Waals surface area (Å²) in [5.41, 5.74) is 0.726. The van der Waals surface area contributed by atoms with Crippen molar-refractivity contribution in [2.75, 3.05) is 11.9 Å². The van der Waals surface area contributed by atoms with Crippen LogP contribution < -0.4 is 10.6 Å². The molecule has 1 fully saturated rings. The van der Waals surface area contributed by atoms with E-state index in [2.05, 4.69) is 10.6 Å². The molecule has 6 heteroatoms. The molecule has 1 aliphatic carbocycles. The number of carbonyl (C=O) groups excluding carboxylic acids is 2. The molecule has 2 N–H and O–H groups in total. The first-order valence-corrected chi connectivity index (χ1v) is 8.41.